The normalized spacial score (nSPS) is 19.2. The molecule has 2 aromatic heterocycles. The molecule has 3 heterocycles. The molecule has 1 aliphatic heterocycles. The van der Waals surface area contributed by atoms with E-state index in [2.05, 4.69) is 24.9 Å². The Balaban J connectivity index is 1.84. The molecule has 10 nitrogen and oxygen atoms in total. The molecular formula is C17H25ClN6O4S. The van der Waals surface area contributed by atoms with Crippen LogP contribution in [0.4, 0.5) is 5.95 Å². The van der Waals surface area contributed by atoms with Crippen molar-refractivity contribution >= 4 is 27.6 Å². The van der Waals surface area contributed by atoms with E-state index in [1.165, 1.54) is 26.4 Å². The summed E-state index contributed by atoms with van der Waals surface area (Å²) in [4.78, 5) is 8.17. The Morgan fingerprint density at radius 2 is 2.10 bits per heavy atom. The Bertz CT molecular complexity index is 915. The molecular weight excluding hydrogens is 420 g/mol. The first-order valence-corrected chi connectivity index (χ1v) is 11.3. The summed E-state index contributed by atoms with van der Waals surface area (Å²) >= 11 is 5.82. The van der Waals surface area contributed by atoms with Crippen molar-refractivity contribution in [2.45, 2.75) is 50.5 Å². The molecule has 29 heavy (non-hydrogen) atoms. The number of methoxy groups -OCH3 is 1. The second-order valence-corrected chi connectivity index (χ2v) is 9.34. The van der Waals surface area contributed by atoms with E-state index in [1.807, 2.05) is 11.5 Å². The summed E-state index contributed by atoms with van der Waals surface area (Å²) < 4.78 is 41.3. The van der Waals surface area contributed by atoms with Crippen LogP contribution in [-0.4, -0.2) is 58.7 Å². The van der Waals surface area contributed by atoms with Gasteiger partial charge in [-0.2, -0.15) is 0 Å². The van der Waals surface area contributed by atoms with Crippen LogP contribution >= 0.6 is 11.6 Å². The van der Waals surface area contributed by atoms with E-state index < -0.39 is 21.4 Å². The van der Waals surface area contributed by atoms with Gasteiger partial charge in [-0.1, -0.05) is 18.5 Å². The number of ether oxygens (including phenoxy) is 2. The lowest BCUT2D eigenvalue weighted by molar-refractivity contribution is 0.0950. The average molecular weight is 445 g/mol. The molecule has 0 saturated carbocycles. The molecule has 2 aromatic rings. The van der Waals surface area contributed by atoms with E-state index in [9.17, 15) is 8.42 Å². The summed E-state index contributed by atoms with van der Waals surface area (Å²) in [7, 11) is -2.47. The molecule has 12 heteroatoms. The van der Waals surface area contributed by atoms with Gasteiger partial charge in [0.25, 0.3) is 0 Å². The molecule has 0 spiro atoms. The van der Waals surface area contributed by atoms with Crippen molar-refractivity contribution in [3.8, 4) is 0 Å². The first-order chi connectivity index (χ1) is 13.9. The number of hydrogen-bond donors (Lipinski definition) is 1. The number of aromatic nitrogens is 5. The molecule has 160 valence electrons. The molecule has 0 unspecified atom stereocenters. The lowest BCUT2D eigenvalue weighted by atomic mass is 10.1. The minimum absolute atomic E-state index is 0.110. The van der Waals surface area contributed by atoms with Crippen LogP contribution in [0.5, 0.6) is 0 Å². The monoisotopic (exact) mass is 444 g/mol. The van der Waals surface area contributed by atoms with Gasteiger partial charge in [-0.25, -0.2) is 18.4 Å². The molecule has 0 amide bonds. The van der Waals surface area contributed by atoms with E-state index in [0.29, 0.717) is 24.8 Å². The smallest absolute Gasteiger partial charge is 0.240 e. The van der Waals surface area contributed by atoms with Crippen molar-refractivity contribution in [2.75, 3.05) is 25.0 Å². The zero-order valence-corrected chi connectivity index (χ0v) is 18.1. The molecule has 0 aromatic carbocycles. The Labute approximate surface area is 175 Å². The van der Waals surface area contributed by atoms with E-state index in [4.69, 9.17) is 21.1 Å². The number of rotatable bonds is 9. The maximum Gasteiger partial charge on any atom is 0.240 e. The van der Waals surface area contributed by atoms with Gasteiger partial charge < -0.3 is 9.47 Å². The van der Waals surface area contributed by atoms with Gasteiger partial charge in [0.05, 0.1) is 11.6 Å². The second-order valence-electron chi connectivity index (χ2n) is 6.86. The van der Waals surface area contributed by atoms with Crippen molar-refractivity contribution in [3.05, 3.63) is 29.1 Å². The van der Waals surface area contributed by atoms with Crippen molar-refractivity contribution in [1.29, 1.82) is 0 Å². The van der Waals surface area contributed by atoms with E-state index in [-0.39, 0.29) is 17.7 Å². The largest absolute Gasteiger partial charge is 0.381 e. The molecule has 0 bridgehead atoms. The van der Waals surface area contributed by atoms with Crippen LogP contribution in [0.2, 0.25) is 5.02 Å². The quantitative estimate of drug-likeness (QED) is 0.624. The summed E-state index contributed by atoms with van der Waals surface area (Å²) in [6.07, 6.45) is 3.56. The van der Waals surface area contributed by atoms with Crippen molar-refractivity contribution < 1.29 is 17.9 Å². The van der Waals surface area contributed by atoms with Gasteiger partial charge in [-0.3, -0.25) is 9.29 Å². The summed E-state index contributed by atoms with van der Waals surface area (Å²) in [6.45, 7) is 5.36. The molecule has 1 fully saturated rings. The van der Waals surface area contributed by atoms with Gasteiger partial charge in [0.15, 0.2) is 5.82 Å². The van der Waals surface area contributed by atoms with Gasteiger partial charge in [-0.15, -0.1) is 10.2 Å². The fraction of sp³-hybridized carbons (Fsp3) is 0.647. The Kier molecular flexibility index (Phi) is 7.04. The minimum atomic E-state index is -3.88. The van der Waals surface area contributed by atoms with Crippen LogP contribution in [0.25, 0.3) is 0 Å². The lowest BCUT2D eigenvalue weighted by Gasteiger charge is -2.22. The van der Waals surface area contributed by atoms with E-state index >= 15 is 0 Å². The van der Waals surface area contributed by atoms with Crippen LogP contribution in [0.15, 0.2) is 12.4 Å². The predicted octanol–water partition coefficient (Wildman–Crippen LogP) is 2.15. The minimum Gasteiger partial charge on any atom is -0.381 e. The highest BCUT2D eigenvalue weighted by atomic mass is 35.5. The average Bonchev–Trinajstić information content (AvgIpc) is 3.34. The van der Waals surface area contributed by atoms with Gasteiger partial charge in [0.1, 0.15) is 17.2 Å². The number of hydrogen-bond acceptors (Lipinski definition) is 8. The molecule has 1 saturated heterocycles. The highest BCUT2D eigenvalue weighted by molar-refractivity contribution is 7.93. The van der Waals surface area contributed by atoms with Gasteiger partial charge in [-0.05, 0) is 19.8 Å². The maximum absolute atomic E-state index is 13.0. The Hall–Kier alpha value is -1.82. The van der Waals surface area contributed by atoms with E-state index in [1.54, 1.807) is 0 Å². The van der Waals surface area contributed by atoms with Crippen LogP contribution in [0, 0.1) is 0 Å². The summed E-state index contributed by atoms with van der Waals surface area (Å²) in [6, 6.07) is 0. The molecule has 3 rings (SSSR count). The maximum atomic E-state index is 13.0. The first kappa shape index (κ1) is 21.9. The Morgan fingerprint density at radius 3 is 2.69 bits per heavy atom. The number of sulfonamides is 1. The lowest BCUT2D eigenvalue weighted by Crippen LogP contribution is -2.33. The Morgan fingerprint density at radius 1 is 1.38 bits per heavy atom. The first-order valence-electron chi connectivity index (χ1n) is 9.40. The summed E-state index contributed by atoms with van der Waals surface area (Å²) in [5.41, 5.74) is 0. The number of halogens is 1. The van der Waals surface area contributed by atoms with Crippen molar-refractivity contribution in [2.24, 2.45) is 0 Å². The zero-order valence-electron chi connectivity index (χ0n) is 16.6. The molecule has 0 radical (unpaired) electrons. The number of anilines is 1. The van der Waals surface area contributed by atoms with Crippen LogP contribution in [0.1, 0.15) is 50.4 Å². The van der Waals surface area contributed by atoms with Gasteiger partial charge in [0.2, 0.25) is 16.0 Å². The third-order valence-corrected chi connectivity index (χ3v) is 6.71. The SMILES string of the molecule is CCCn1c(NS(=O)(=O)[C@@H](C)[C@H](OC)c2ncc(Cl)cn2)nnc1[C@H]1CCOC1. The summed E-state index contributed by atoms with van der Waals surface area (Å²) in [5.74, 6) is 1.26. The number of nitrogens with one attached hydrogen (secondary N) is 1. The fourth-order valence-corrected chi connectivity index (χ4v) is 4.48. The zero-order chi connectivity index (χ0) is 21.0. The van der Waals surface area contributed by atoms with E-state index in [0.717, 1.165) is 18.7 Å². The predicted molar refractivity (Wildman–Crippen MR) is 107 cm³/mol. The highest BCUT2D eigenvalue weighted by Crippen LogP contribution is 2.28. The fourth-order valence-electron chi connectivity index (χ4n) is 3.23. The van der Waals surface area contributed by atoms with Gasteiger partial charge >= 0.3 is 0 Å². The molecule has 0 aliphatic carbocycles. The third kappa shape index (κ3) is 4.85. The summed E-state index contributed by atoms with van der Waals surface area (Å²) in [5, 5.41) is 7.69. The topological polar surface area (TPSA) is 121 Å². The van der Waals surface area contributed by atoms with Crippen molar-refractivity contribution in [1.82, 2.24) is 24.7 Å². The van der Waals surface area contributed by atoms with Gasteiger partial charge in [0, 0.05) is 38.6 Å². The number of nitrogens with zero attached hydrogens (tertiary/aromatic N) is 5. The highest BCUT2D eigenvalue weighted by Gasteiger charge is 2.34. The molecule has 1 N–H and O–H groups in total. The standard InChI is InChI=1S/C17H25ClN6O4S/c1-4-6-24-16(12-5-7-28-10-12)21-22-17(24)23-29(25,26)11(2)14(27-3)15-19-8-13(18)9-20-15/h8-9,11-12,14H,4-7,10H2,1-3H3,(H,22,23)/t11-,12-,14-/m0/s1. The molecule has 3 atom stereocenters. The molecule has 1 aliphatic rings. The van der Waals surface area contributed by atoms with Crippen LogP contribution in [0.3, 0.4) is 0 Å². The third-order valence-electron chi connectivity index (χ3n) is 4.82. The second kappa shape index (κ2) is 9.33. The van der Waals surface area contributed by atoms with Crippen LogP contribution < -0.4 is 4.72 Å². The van der Waals surface area contributed by atoms with Crippen LogP contribution in [-0.2, 0) is 26.0 Å². The van der Waals surface area contributed by atoms with Crippen molar-refractivity contribution in [3.63, 3.8) is 0 Å².